The van der Waals surface area contributed by atoms with E-state index in [1.54, 1.807) is 0 Å². The Kier molecular flexibility index (Phi) is 15.6. The van der Waals surface area contributed by atoms with Crippen LogP contribution >= 0.6 is 31.9 Å². The summed E-state index contributed by atoms with van der Waals surface area (Å²) in [6.07, 6.45) is 9.67. The van der Waals surface area contributed by atoms with E-state index < -0.39 is 0 Å². The van der Waals surface area contributed by atoms with Crippen molar-refractivity contribution in [1.29, 1.82) is 0 Å². The van der Waals surface area contributed by atoms with Crippen LogP contribution in [0.15, 0.2) is 36.4 Å². The van der Waals surface area contributed by atoms with Gasteiger partial charge >= 0.3 is 0 Å². The Labute approximate surface area is 236 Å². The molecular formula is C31H46Br2O3. The minimum atomic E-state index is 0.472. The molecule has 0 spiro atoms. The van der Waals surface area contributed by atoms with Gasteiger partial charge in [0.1, 0.15) is 23.9 Å². The maximum absolute atomic E-state index is 6.32. The molecule has 2 aromatic carbocycles. The van der Waals surface area contributed by atoms with E-state index in [1.165, 1.54) is 44.1 Å². The van der Waals surface area contributed by atoms with Crippen LogP contribution < -0.4 is 14.2 Å². The predicted octanol–water partition coefficient (Wildman–Crippen LogP) is 10.2. The molecule has 0 aliphatic rings. The van der Waals surface area contributed by atoms with Gasteiger partial charge in [0.05, 0.1) is 13.2 Å². The van der Waals surface area contributed by atoms with Gasteiger partial charge in [-0.1, -0.05) is 110 Å². The standard InChI is InChI=1S/C31H46Br2O3/c1-5-9-11-24(7-3)21-34-29-15-27(16-30(18-29)35-22-25(8-4)12-10-6-2)23-36-31-17-26(19-32)13-14-28(31)20-33/h13-18,24-25H,5-12,19-23H2,1-4H3. The minimum absolute atomic E-state index is 0.472. The van der Waals surface area contributed by atoms with Gasteiger partial charge in [-0.3, -0.25) is 0 Å². The van der Waals surface area contributed by atoms with Crippen molar-refractivity contribution in [2.45, 2.75) is 96.3 Å². The molecule has 0 radical (unpaired) electrons. The fourth-order valence-electron chi connectivity index (χ4n) is 4.19. The van der Waals surface area contributed by atoms with Crippen molar-refractivity contribution in [3.05, 3.63) is 53.1 Å². The van der Waals surface area contributed by atoms with E-state index in [0.29, 0.717) is 18.4 Å². The molecule has 0 amide bonds. The molecule has 0 aromatic heterocycles. The molecule has 0 heterocycles. The van der Waals surface area contributed by atoms with Gasteiger partial charge in [-0.25, -0.2) is 0 Å². The molecule has 202 valence electrons. The summed E-state index contributed by atoms with van der Waals surface area (Å²) in [4.78, 5) is 0. The molecule has 0 saturated carbocycles. The molecule has 36 heavy (non-hydrogen) atoms. The number of hydrogen-bond acceptors (Lipinski definition) is 3. The average molecular weight is 627 g/mol. The van der Waals surface area contributed by atoms with Gasteiger partial charge in [-0.05, 0) is 54.0 Å². The van der Waals surface area contributed by atoms with E-state index in [4.69, 9.17) is 14.2 Å². The number of rotatable bonds is 19. The Balaban J connectivity index is 2.18. The third-order valence-corrected chi connectivity index (χ3v) is 8.07. The SMILES string of the molecule is CCCCC(CC)COc1cc(COc2cc(CBr)ccc2CBr)cc(OCC(CC)CCCC)c1. The maximum Gasteiger partial charge on any atom is 0.124 e. The van der Waals surface area contributed by atoms with E-state index in [2.05, 4.69) is 96.0 Å². The summed E-state index contributed by atoms with van der Waals surface area (Å²) in [7, 11) is 0. The Hall–Kier alpha value is -1.20. The molecule has 0 saturated heterocycles. The highest BCUT2D eigenvalue weighted by Crippen LogP contribution is 2.29. The van der Waals surface area contributed by atoms with Gasteiger partial charge in [0.25, 0.3) is 0 Å². The molecule has 3 nitrogen and oxygen atoms in total. The zero-order chi connectivity index (χ0) is 26.2. The van der Waals surface area contributed by atoms with E-state index >= 15 is 0 Å². The average Bonchev–Trinajstić information content (AvgIpc) is 2.91. The summed E-state index contributed by atoms with van der Waals surface area (Å²) >= 11 is 7.14. The van der Waals surface area contributed by atoms with Gasteiger partial charge in [0, 0.05) is 22.3 Å². The Morgan fingerprint density at radius 3 is 1.72 bits per heavy atom. The minimum Gasteiger partial charge on any atom is -0.493 e. The third kappa shape index (κ3) is 11.0. The largest absolute Gasteiger partial charge is 0.493 e. The second-order valence-corrected chi connectivity index (χ2v) is 10.9. The fourth-order valence-corrected chi connectivity index (χ4v) is 5.00. The second-order valence-electron chi connectivity index (χ2n) is 9.77. The normalized spacial score (nSPS) is 12.8. The smallest absolute Gasteiger partial charge is 0.124 e. The molecule has 2 unspecified atom stereocenters. The molecule has 0 aliphatic carbocycles. The molecule has 0 bridgehead atoms. The molecule has 2 aromatic rings. The summed E-state index contributed by atoms with van der Waals surface area (Å²) < 4.78 is 18.9. The van der Waals surface area contributed by atoms with Gasteiger partial charge in [0.15, 0.2) is 0 Å². The summed E-state index contributed by atoms with van der Waals surface area (Å²) in [5.41, 5.74) is 3.41. The molecule has 2 rings (SSSR count). The third-order valence-electron chi connectivity index (χ3n) is 6.82. The van der Waals surface area contributed by atoms with Crippen molar-refractivity contribution < 1.29 is 14.2 Å². The van der Waals surface area contributed by atoms with Crippen LogP contribution in [0.4, 0.5) is 0 Å². The zero-order valence-corrected chi connectivity index (χ0v) is 26.0. The molecule has 0 N–H and O–H groups in total. The summed E-state index contributed by atoms with van der Waals surface area (Å²) in [5.74, 6) is 3.83. The van der Waals surface area contributed by atoms with Crippen molar-refractivity contribution in [2.75, 3.05) is 13.2 Å². The summed E-state index contributed by atoms with van der Waals surface area (Å²) in [6, 6.07) is 12.6. The highest BCUT2D eigenvalue weighted by molar-refractivity contribution is 9.08. The molecular weight excluding hydrogens is 580 g/mol. The zero-order valence-electron chi connectivity index (χ0n) is 22.8. The number of hydrogen-bond donors (Lipinski definition) is 0. The maximum atomic E-state index is 6.32. The Morgan fingerprint density at radius 1 is 0.667 bits per heavy atom. The van der Waals surface area contributed by atoms with Crippen LogP contribution in [0.3, 0.4) is 0 Å². The molecule has 5 heteroatoms. The van der Waals surface area contributed by atoms with Crippen molar-refractivity contribution in [3.63, 3.8) is 0 Å². The topological polar surface area (TPSA) is 27.7 Å². The number of halogens is 2. The van der Waals surface area contributed by atoms with Crippen LogP contribution in [0.2, 0.25) is 0 Å². The van der Waals surface area contributed by atoms with Crippen LogP contribution in [0.25, 0.3) is 0 Å². The van der Waals surface area contributed by atoms with E-state index in [0.717, 1.165) is 65.1 Å². The highest BCUT2D eigenvalue weighted by Gasteiger charge is 2.12. The predicted molar refractivity (Wildman–Crippen MR) is 160 cm³/mol. The van der Waals surface area contributed by atoms with Crippen LogP contribution in [0.1, 0.15) is 95.8 Å². The first-order chi connectivity index (χ1) is 17.6. The van der Waals surface area contributed by atoms with Gasteiger partial charge < -0.3 is 14.2 Å². The second kappa shape index (κ2) is 18.1. The molecule has 0 aliphatic heterocycles. The lowest BCUT2D eigenvalue weighted by atomic mass is 10.0. The number of benzene rings is 2. The number of ether oxygens (including phenoxy) is 3. The Bertz CT molecular complexity index is 833. The lowest BCUT2D eigenvalue weighted by Crippen LogP contribution is -2.13. The first kappa shape index (κ1) is 31.0. The van der Waals surface area contributed by atoms with Crippen LogP contribution in [-0.4, -0.2) is 13.2 Å². The van der Waals surface area contributed by atoms with Gasteiger partial charge in [-0.2, -0.15) is 0 Å². The molecule has 2 atom stereocenters. The van der Waals surface area contributed by atoms with Crippen LogP contribution in [0, 0.1) is 11.8 Å². The highest BCUT2D eigenvalue weighted by atomic mass is 79.9. The van der Waals surface area contributed by atoms with Gasteiger partial charge in [0.2, 0.25) is 0 Å². The first-order valence-corrected chi connectivity index (χ1v) is 16.1. The van der Waals surface area contributed by atoms with Crippen LogP contribution in [-0.2, 0) is 17.3 Å². The fraction of sp³-hybridized carbons (Fsp3) is 0.613. The van der Waals surface area contributed by atoms with Crippen molar-refractivity contribution in [2.24, 2.45) is 11.8 Å². The van der Waals surface area contributed by atoms with Gasteiger partial charge in [-0.15, -0.1) is 0 Å². The monoisotopic (exact) mass is 624 g/mol. The number of unbranched alkanes of at least 4 members (excludes halogenated alkanes) is 2. The van der Waals surface area contributed by atoms with E-state index in [-0.39, 0.29) is 0 Å². The lowest BCUT2D eigenvalue weighted by Gasteiger charge is -2.19. The molecule has 0 fully saturated rings. The number of alkyl halides is 2. The Morgan fingerprint density at radius 2 is 1.25 bits per heavy atom. The summed E-state index contributed by atoms with van der Waals surface area (Å²) in [5, 5.41) is 1.56. The quantitative estimate of drug-likeness (QED) is 0.145. The van der Waals surface area contributed by atoms with Crippen molar-refractivity contribution >= 4 is 31.9 Å². The summed E-state index contributed by atoms with van der Waals surface area (Å²) in [6.45, 7) is 11.0. The van der Waals surface area contributed by atoms with Crippen LogP contribution in [0.5, 0.6) is 17.2 Å². The lowest BCUT2D eigenvalue weighted by molar-refractivity contribution is 0.221. The van der Waals surface area contributed by atoms with Crippen molar-refractivity contribution in [1.82, 2.24) is 0 Å². The van der Waals surface area contributed by atoms with Crippen molar-refractivity contribution in [3.8, 4) is 17.2 Å². The van der Waals surface area contributed by atoms with E-state index in [9.17, 15) is 0 Å². The van der Waals surface area contributed by atoms with E-state index in [1.807, 2.05) is 0 Å². The first-order valence-electron chi connectivity index (χ1n) is 13.8.